The number of nitrogens with one attached hydrogen (secondary N) is 1. The highest BCUT2D eigenvalue weighted by molar-refractivity contribution is 7.20. The number of hydrogen-bond acceptors (Lipinski definition) is 5. The molecule has 0 aliphatic carbocycles. The third-order valence-corrected chi connectivity index (χ3v) is 4.12. The molecule has 0 bridgehead atoms. The Labute approximate surface area is 137 Å². The van der Waals surface area contributed by atoms with Crippen molar-refractivity contribution in [3.05, 3.63) is 35.3 Å². The van der Waals surface area contributed by atoms with Gasteiger partial charge in [-0.05, 0) is 44.4 Å². The van der Waals surface area contributed by atoms with E-state index >= 15 is 0 Å². The van der Waals surface area contributed by atoms with Gasteiger partial charge in [-0.3, -0.25) is 5.32 Å². The van der Waals surface area contributed by atoms with Gasteiger partial charge in [-0.15, -0.1) is 11.3 Å². The van der Waals surface area contributed by atoms with Crippen LogP contribution in [0.15, 0.2) is 30.3 Å². The second kappa shape index (κ2) is 5.52. The molecule has 6 heteroatoms. The lowest BCUT2D eigenvalue weighted by Crippen LogP contribution is -2.27. The maximum Gasteiger partial charge on any atom is 0.412 e. The van der Waals surface area contributed by atoms with E-state index in [0.29, 0.717) is 10.7 Å². The number of nitrogens with zero attached hydrogens (tertiary/aromatic N) is 2. The number of nitriles is 1. The van der Waals surface area contributed by atoms with Crippen LogP contribution < -0.4 is 5.32 Å². The normalized spacial score (nSPS) is 11.4. The minimum atomic E-state index is -0.538. The molecule has 0 saturated heterocycles. The molecule has 1 aromatic heterocycles. The van der Waals surface area contributed by atoms with Gasteiger partial charge in [0.05, 0.1) is 10.2 Å². The summed E-state index contributed by atoms with van der Waals surface area (Å²) in [7, 11) is 0. The molecule has 3 aromatic rings. The smallest absolute Gasteiger partial charge is 0.412 e. The molecular formula is C17H15N3O2S. The fourth-order valence-electron chi connectivity index (χ4n) is 2.26. The maximum atomic E-state index is 11.8. The monoisotopic (exact) mass is 325 g/mol. The molecule has 116 valence electrons. The van der Waals surface area contributed by atoms with Crippen LogP contribution in [0.4, 0.5) is 10.5 Å². The summed E-state index contributed by atoms with van der Waals surface area (Å²) in [6.07, 6.45) is -0.484. The van der Waals surface area contributed by atoms with E-state index in [1.807, 2.05) is 51.1 Å². The SMILES string of the molecule is CC(C)(C)OC(=O)Nc1ccc2c(ccc3nc(C#N)sc32)c1. The van der Waals surface area contributed by atoms with Gasteiger partial charge in [0.15, 0.2) is 5.01 Å². The molecule has 0 saturated carbocycles. The Morgan fingerprint density at radius 2 is 2.09 bits per heavy atom. The van der Waals surface area contributed by atoms with Crippen LogP contribution in [0, 0.1) is 11.3 Å². The minimum absolute atomic E-state index is 0.448. The predicted molar refractivity (Wildman–Crippen MR) is 91.7 cm³/mol. The first kappa shape index (κ1) is 15.3. The second-order valence-corrected chi connectivity index (χ2v) is 7.11. The average Bonchev–Trinajstić information content (AvgIpc) is 2.88. The fourth-order valence-corrected chi connectivity index (χ4v) is 3.16. The van der Waals surface area contributed by atoms with Crippen LogP contribution in [0.25, 0.3) is 21.0 Å². The lowest BCUT2D eigenvalue weighted by molar-refractivity contribution is 0.0636. The Morgan fingerprint density at radius 3 is 2.78 bits per heavy atom. The molecule has 2 aromatic carbocycles. The second-order valence-electron chi connectivity index (χ2n) is 6.11. The molecule has 0 atom stereocenters. The lowest BCUT2D eigenvalue weighted by Gasteiger charge is -2.19. The van der Waals surface area contributed by atoms with Crippen LogP contribution in [0.3, 0.4) is 0 Å². The van der Waals surface area contributed by atoms with E-state index in [1.54, 1.807) is 0 Å². The highest BCUT2D eigenvalue weighted by atomic mass is 32.1. The largest absolute Gasteiger partial charge is 0.444 e. The third-order valence-electron chi connectivity index (χ3n) is 3.11. The van der Waals surface area contributed by atoms with E-state index < -0.39 is 11.7 Å². The van der Waals surface area contributed by atoms with E-state index in [0.717, 1.165) is 21.0 Å². The van der Waals surface area contributed by atoms with Gasteiger partial charge in [0.25, 0.3) is 0 Å². The van der Waals surface area contributed by atoms with Gasteiger partial charge in [0.1, 0.15) is 11.7 Å². The molecule has 23 heavy (non-hydrogen) atoms. The Hall–Kier alpha value is -2.65. The topological polar surface area (TPSA) is 75.0 Å². The van der Waals surface area contributed by atoms with Gasteiger partial charge in [-0.2, -0.15) is 5.26 Å². The highest BCUT2D eigenvalue weighted by Crippen LogP contribution is 2.31. The summed E-state index contributed by atoms with van der Waals surface area (Å²) in [5.74, 6) is 0. The van der Waals surface area contributed by atoms with E-state index in [9.17, 15) is 4.79 Å². The van der Waals surface area contributed by atoms with Crippen LogP contribution in [0.2, 0.25) is 0 Å². The quantitative estimate of drug-likeness (QED) is 0.705. The number of carbonyl (C=O) groups excluding carboxylic acids is 1. The van der Waals surface area contributed by atoms with Gasteiger partial charge in [0, 0.05) is 11.1 Å². The zero-order chi connectivity index (χ0) is 16.6. The van der Waals surface area contributed by atoms with Crippen molar-refractivity contribution < 1.29 is 9.53 Å². The number of amides is 1. The van der Waals surface area contributed by atoms with Crippen LogP contribution in [0.5, 0.6) is 0 Å². The third kappa shape index (κ3) is 3.25. The van der Waals surface area contributed by atoms with E-state index in [-0.39, 0.29) is 0 Å². The van der Waals surface area contributed by atoms with Crippen molar-refractivity contribution in [3.8, 4) is 6.07 Å². The van der Waals surface area contributed by atoms with Crippen molar-refractivity contribution in [2.24, 2.45) is 0 Å². The standard InChI is InChI=1S/C17H15N3O2S/c1-17(2,3)22-16(21)19-11-5-6-12-10(8-11)4-7-13-15(12)23-14(9-18)20-13/h4-8H,1-3H3,(H,19,21). The van der Waals surface area contributed by atoms with Crippen molar-refractivity contribution in [3.63, 3.8) is 0 Å². The number of thiazole rings is 1. The number of fused-ring (bicyclic) bond motifs is 3. The molecule has 0 aliphatic rings. The summed E-state index contributed by atoms with van der Waals surface area (Å²) < 4.78 is 6.22. The lowest BCUT2D eigenvalue weighted by atomic mass is 10.1. The first-order valence-corrected chi connectivity index (χ1v) is 7.91. The van der Waals surface area contributed by atoms with Crippen molar-refractivity contribution in [2.45, 2.75) is 26.4 Å². The van der Waals surface area contributed by atoms with Gasteiger partial charge in [-0.1, -0.05) is 12.1 Å². The van der Waals surface area contributed by atoms with Gasteiger partial charge in [0.2, 0.25) is 0 Å². The van der Waals surface area contributed by atoms with Crippen molar-refractivity contribution in [1.29, 1.82) is 5.26 Å². The molecule has 0 radical (unpaired) electrons. The summed E-state index contributed by atoms with van der Waals surface area (Å²) in [6, 6.07) is 11.5. The number of ether oxygens (including phenoxy) is 1. The predicted octanol–water partition coefficient (Wildman–Crippen LogP) is 4.67. The molecule has 1 amide bonds. The molecule has 1 heterocycles. The zero-order valence-corrected chi connectivity index (χ0v) is 13.8. The number of hydrogen-bond donors (Lipinski definition) is 1. The zero-order valence-electron chi connectivity index (χ0n) is 13.0. The Kier molecular flexibility index (Phi) is 3.66. The van der Waals surface area contributed by atoms with E-state index in [1.165, 1.54) is 11.3 Å². The molecule has 0 aliphatic heterocycles. The van der Waals surface area contributed by atoms with Crippen LogP contribution in [0.1, 0.15) is 25.8 Å². The highest BCUT2D eigenvalue weighted by Gasteiger charge is 2.16. The Bertz CT molecular complexity index is 948. The summed E-state index contributed by atoms with van der Waals surface area (Å²) in [6.45, 7) is 5.46. The first-order chi connectivity index (χ1) is 10.9. The number of carbonyl (C=O) groups is 1. The molecule has 5 nitrogen and oxygen atoms in total. The van der Waals surface area contributed by atoms with Crippen molar-refractivity contribution >= 4 is 44.1 Å². The van der Waals surface area contributed by atoms with Crippen LogP contribution >= 0.6 is 11.3 Å². The Balaban J connectivity index is 1.95. The van der Waals surface area contributed by atoms with Crippen LogP contribution in [-0.4, -0.2) is 16.7 Å². The number of benzene rings is 2. The number of anilines is 1. The summed E-state index contributed by atoms with van der Waals surface area (Å²) in [5.41, 5.74) is 0.937. The molecule has 3 rings (SSSR count). The fraction of sp³-hybridized carbons (Fsp3) is 0.235. The molecule has 0 unspecified atom stereocenters. The van der Waals surface area contributed by atoms with Gasteiger partial charge >= 0.3 is 6.09 Å². The maximum absolute atomic E-state index is 11.8. The number of rotatable bonds is 1. The summed E-state index contributed by atoms with van der Waals surface area (Å²) in [4.78, 5) is 16.1. The molecular weight excluding hydrogens is 310 g/mol. The average molecular weight is 325 g/mol. The van der Waals surface area contributed by atoms with Crippen molar-refractivity contribution in [2.75, 3.05) is 5.32 Å². The van der Waals surface area contributed by atoms with E-state index in [2.05, 4.69) is 16.4 Å². The van der Waals surface area contributed by atoms with Crippen LogP contribution in [-0.2, 0) is 4.74 Å². The van der Waals surface area contributed by atoms with Gasteiger partial charge < -0.3 is 4.74 Å². The first-order valence-electron chi connectivity index (χ1n) is 7.09. The Morgan fingerprint density at radius 1 is 1.30 bits per heavy atom. The van der Waals surface area contributed by atoms with E-state index in [4.69, 9.17) is 10.00 Å². The molecule has 0 spiro atoms. The minimum Gasteiger partial charge on any atom is -0.444 e. The van der Waals surface area contributed by atoms with Gasteiger partial charge in [-0.25, -0.2) is 9.78 Å². The molecule has 1 N–H and O–H groups in total. The summed E-state index contributed by atoms with van der Waals surface area (Å²) >= 11 is 1.37. The van der Waals surface area contributed by atoms with Crippen molar-refractivity contribution in [1.82, 2.24) is 4.98 Å². The summed E-state index contributed by atoms with van der Waals surface area (Å²) in [5, 5.41) is 14.1. The molecule has 0 fully saturated rings. The number of aromatic nitrogens is 1.